The first-order valence-corrected chi connectivity index (χ1v) is 5.90. The van der Waals surface area contributed by atoms with E-state index >= 15 is 0 Å². The summed E-state index contributed by atoms with van der Waals surface area (Å²) in [5, 5.41) is 4.43. The number of hydrogen-bond donors (Lipinski definition) is 1. The minimum atomic E-state index is 0.117. The van der Waals surface area contributed by atoms with Gasteiger partial charge in [-0.15, -0.1) is 0 Å². The first kappa shape index (κ1) is 12.2. The van der Waals surface area contributed by atoms with Crippen molar-refractivity contribution in [2.45, 2.75) is 53.1 Å². The van der Waals surface area contributed by atoms with Crippen molar-refractivity contribution in [2.75, 3.05) is 0 Å². The van der Waals surface area contributed by atoms with Crippen LogP contribution in [0.1, 0.15) is 51.0 Å². The molecule has 1 aromatic rings. The van der Waals surface area contributed by atoms with Gasteiger partial charge in [-0.1, -0.05) is 20.3 Å². The Morgan fingerprint density at radius 1 is 1.47 bits per heavy atom. The van der Waals surface area contributed by atoms with E-state index in [9.17, 15) is 0 Å². The van der Waals surface area contributed by atoms with Crippen molar-refractivity contribution in [3.05, 3.63) is 17.5 Å². The molecule has 1 aromatic heterocycles. The van der Waals surface area contributed by atoms with Crippen LogP contribution in [0.5, 0.6) is 0 Å². The lowest BCUT2D eigenvalue weighted by molar-refractivity contribution is 0.407. The van der Waals surface area contributed by atoms with Crippen LogP contribution in [0.4, 0.5) is 0 Å². The molecule has 0 aliphatic heterocycles. The summed E-state index contributed by atoms with van der Waals surface area (Å²) in [5.41, 5.74) is 8.49. The second kappa shape index (κ2) is 5.31. The molecule has 0 spiro atoms. The van der Waals surface area contributed by atoms with Crippen molar-refractivity contribution >= 4 is 0 Å². The van der Waals surface area contributed by atoms with E-state index in [-0.39, 0.29) is 6.04 Å². The van der Waals surface area contributed by atoms with E-state index in [1.165, 1.54) is 18.5 Å². The topological polar surface area (TPSA) is 43.8 Å². The molecule has 0 aliphatic carbocycles. The highest BCUT2D eigenvalue weighted by Gasteiger charge is 2.18. The molecule has 2 unspecified atom stereocenters. The minimum Gasteiger partial charge on any atom is -0.322 e. The predicted octanol–water partition coefficient (Wildman–Crippen LogP) is 2.65. The van der Waals surface area contributed by atoms with Crippen molar-refractivity contribution in [1.82, 2.24) is 9.78 Å². The zero-order valence-corrected chi connectivity index (χ0v) is 10.3. The maximum atomic E-state index is 6.25. The molecule has 0 aromatic carbocycles. The lowest BCUT2D eigenvalue weighted by Crippen LogP contribution is -2.22. The first-order valence-electron chi connectivity index (χ1n) is 5.90. The zero-order chi connectivity index (χ0) is 11.4. The molecule has 2 N–H and O–H groups in total. The summed E-state index contributed by atoms with van der Waals surface area (Å²) in [5.74, 6) is 0.524. The van der Waals surface area contributed by atoms with Crippen LogP contribution in [-0.4, -0.2) is 9.78 Å². The number of hydrogen-bond acceptors (Lipinski definition) is 2. The van der Waals surface area contributed by atoms with Gasteiger partial charge in [-0.2, -0.15) is 5.10 Å². The van der Waals surface area contributed by atoms with Crippen LogP contribution >= 0.6 is 0 Å². The van der Waals surface area contributed by atoms with Crippen LogP contribution in [0.2, 0.25) is 0 Å². The maximum Gasteiger partial charge on any atom is 0.0597 e. The van der Waals surface area contributed by atoms with Gasteiger partial charge in [0.05, 0.1) is 11.4 Å². The van der Waals surface area contributed by atoms with Crippen LogP contribution in [0, 0.1) is 12.8 Å². The van der Waals surface area contributed by atoms with Crippen molar-refractivity contribution in [3.8, 4) is 0 Å². The van der Waals surface area contributed by atoms with Crippen LogP contribution in [-0.2, 0) is 6.54 Å². The van der Waals surface area contributed by atoms with E-state index in [0.717, 1.165) is 12.2 Å². The Labute approximate surface area is 92.7 Å². The molecule has 1 rings (SSSR count). The number of nitrogens with two attached hydrogens (primary N) is 1. The first-order chi connectivity index (χ1) is 7.10. The Bertz CT molecular complexity index is 304. The third-order valence-electron chi connectivity index (χ3n) is 2.93. The fraction of sp³-hybridized carbons (Fsp3) is 0.750. The SMILES string of the molecule is CCCC(C)C(N)c1cc(C)nn1CC. The largest absolute Gasteiger partial charge is 0.322 e. The third kappa shape index (κ3) is 2.81. The standard InChI is InChI=1S/C12H23N3/c1-5-7-9(3)12(13)11-8-10(4)14-15(11)6-2/h8-9,12H,5-7,13H2,1-4H3. The van der Waals surface area contributed by atoms with Crippen LogP contribution in [0.3, 0.4) is 0 Å². The maximum absolute atomic E-state index is 6.25. The predicted molar refractivity (Wildman–Crippen MR) is 63.6 cm³/mol. The fourth-order valence-electron chi connectivity index (χ4n) is 2.01. The van der Waals surface area contributed by atoms with Gasteiger partial charge in [-0.3, -0.25) is 4.68 Å². The van der Waals surface area contributed by atoms with Crippen LogP contribution in [0.25, 0.3) is 0 Å². The summed E-state index contributed by atoms with van der Waals surface area (Å²) in [7, 11) is 0. The van der Waals surface area contributed by atoms with Crippen LogP contribution < -0.4 is 5.73 Å². The average molecular weight is 209 g/mol. The molecule has 2 atom stereocenters. The van der Waals surface area contributed by atoms with Gasteiger partial charge in [-0.05, 0) is 32.3 Å². The van der Waals surface area contributed by atoms with Gasteiger partial charge in [0.25, 0.3) is 0 Å². The molecule has 0 aliphatic rings. The molecule has 0 saturated carbocycles. The Kier molecular flexibility index (Phi) is 4.33. The van der Waals surface area contributed by atoms with Crippen LogP contribution in [0.15, 0.2) is 6.07 Å². The van der Waals surface area contributed by atoms with E-state index in [1.807, 2.05) is 11.6 Å². The zero-order valence-electron chi connectivity index (χ0n) is 10.3. The van der Waals surface area contributed by atoms with Crippen molar-refractivity contribution in [1.29, 1.82) is 0 Å². The molecule has 1 heterocycles. The molecule has 3 heteroatoms. The molecule has 0 fully saturated rings. The molecule has 0 bridgehead atoms. The smallest absolute Gasteiger partial charge is 0.0597 e. The minimum absolute atomic E-state index is 0.117. The van der Waals surface area contributed by atoms with Gasteiger partial charge in [0.2, 0.25) is 0 Å². The summed E-state index contributed by atoms with van der Waals surface area (Å²) in [4.78, 5) is 0. The third-order valence-corrected chi connectivity index (χ3v) is 2.93. The second-order valence-electron chi connectivity index (χ2n) is 4.32. The molecule has 3 nitrogen and oxygen atoms in total. The molecule has 0 saturated heterocycles. The summed E-state index contributed by atoms with van der Waals surface area (Å²) in [6, 6.07) is 2.23. The quantitative estimate of drug-likeness (QED) is 0.810. The van der Waals surface area contributed by atoms with E-state index in [2.05, 4.69) is 31.9 Å². The van der Waals surface area contributed by atoms with Gasteiger partial charge in [0.15, 0.2) is 0 Å². The second-order valence-corrected chi connectivity index (χ2v) is 4.32. The highest BCUT2D eigenvalue weighted by atomic mass is 15.3. The van der Waals surface area contributed by atoms with Gasteiger partial charge in [0.1, 0.15) is 0 Å². The Morgan fingerprint density at radius 3 is 2.67 bits per heavy atom. The van der Waals surface area contributed by atoms with Gasteiger partial charge >= 0.3 is 0 Å². The number of aryl methyl sites for hydroxylation is 2. The van der Waals surface area contributed by atoms with Crippen molar-refractivity contribution in [2.24, 2.45) is 11.7 Å². The normalized spacial score (nSPS) is 15.3. The van der Waals surface area contributed by atoms with E-state index < -0.39 is 0 Å². The van der Waals surface area contributed by atoms with Gasteiger partial charge < -0.3 is 5.73 Å². The lowest BCUT2D eigenvalue weighted by Gasteiger charge is -2.20. The van der Waals surface area contributed by atoms with Crippen molar-refractivity contribution in [3.63, 3.8) is 0 Å². The van der Waals surface area contributed by atoms with Gasteiger partial charge in [0, 0.05) is 12.6 Å². The highest BCUT2D eigenvalue weighted by Crippen LogP contribution is 2.23. The molecule has 15 heavy (non-hydrogen) atoms. The Morgan fingerprint density at radius 2 is 2.13 bits per heavy atom. The molecular weight excluding hydrogens is 186 g/mol. The van der Waals surface area contributed by atoms with E-state index in [0.29, 0.717) is 5.92 Å². The summed E-state index contributed by atoms with van der Waals surface area (Å²) in [6.07, 6.45) is 2.36. The highest BCUT2D eigenvalue weighted by molar-refractivity contribution is 5.13. The summed E-state index contributed by atoms with van der Waals surface area (Å²) >= 11 is 0. The number of rotatable bonds is 5. The van der Waals surface area contributed by atoms with E-state index in [4.69, 9.17) is 5.73 Å². The number of nitrogens with zero attached hydrogens (tertiary/aromatic N) is 2. The number of aromatic nitrogens is 2. The summed E-state index contributed by atoms with van der Waals surface area (Å²) in [6.45, 7) is 9.44. The Hall–Kier alpha value is -0.830. The fourth-order valence-corrected chi connectivity index (χ4v) is 2.01. The average Bonchev–Trinajstić information content (AvgIpc) is 2.58. The monoisotopic (exact) mass is 209 g/mol. The molecular formula is C12H23N3. The molecule has 86 valence electrons. The Balaban J connectivity index is 2.84. The van der Waals surface area contributed by atoms with E-state index in [1.54, 1.807) is 0 Å². The van der Waals surface area contributed by atoms with Crippen molar-refractivity contribution < 1.29 is 0 Å². The molecule has 0 radical (unpaired) electrons. The molecule has 0 amide bonds. The summed E-state index contributed by atoms with van der Waals surface area (Å²) < 4.78 is 2.02. The lowest BCUT2D eigenvalue weighted by atomic mass is 9.95. The van der Waals surface area contributed by atoms with Gasteiger partial charge in [-0.25, -0.2) is 0 Å².